The van der Waals surface area contributed by atoms with Crippen LogP contribution in [0.25, 0.3) is 0 Å². The smallest absolute Gasteiger partial charge is 0.169 e. The Morgan fingerprint density at radius 2 is 1.32 bits per heavy atom. The van der Waals surface area contributed by atoms with E-state index < -0.39 is 5.60 Å². The minimum Gasteiger partial charge on any atom is -0.384 e. The molecule has 0 heterocycles. The van der Waals surface area contributed by atoms with Crippen LogP contribution in [0.4, 0.5) is 0 Å². The van der Waals surface area contributed by atoms with Crippen molar-refractivity contribution in [2.24, 2.45) is 5.92 Å². The zero-order valence-electron chi connectivity index (χ0n) is 18.2. The number of aliphatic hydroxyl groups is 1. The first kappa shape index (κ1) is 20.8. The summed E-state index contributed by atoms with van der Waals surface area (Å²) in [5.74, 6) is -0.325. The highest BCUT2D eigenvalue weighted by Gasteiger charge is 2.46. The van der Waals surface area contributed by atoms with Gasteiger partial charge in [0.2, 0.25) is 0 Å². The maximum atomic E-state index is 13.3. The molecule has 1 N–H and O–H groups in total. The quantitative estimate of drug-likeness (QED) is 0.650. The lowest BCUT2D eigenvalue weighted by Gasteiger charge is -2.31. The Labute approximate surface area is 170 Å². The van der Waals surface area contributed by atoms with Crippen LogP contribution in [0.1, 0.15) is 87.9 Å². The summed E-state index contributed by atoms with van der Waals surface area (Å²) in [5.41, 5.74) is 3.07. The summed E-state index contributed by atoms with van der Waals surface area (Å²) >= 11 is 0. The lowest BCUT2D eigenvalue weighted by molar-refractivity contribution is 0.00308. The lowest BCUT2D eigenvalue weighted by atomic mass is 9.78. The summed E-state index contributed by atoms with van der Waals surface area (Å²) in [6, 6.07) is 16.1. The Bertz CT molecular complexity index is 832. The van der Waals surface area contributed by atoms with Crippen molar-refractivity contribution in [1.82, 2.24) is 0 Å². The molecule has 0 bridgehead atoms. The molecule has 0 amide bonds. The van der Waals surface area contributed by atoms with Gasteiger partial charge in [0.1, 0.15) is 0 Å². The molecule has 1 saturated carbocycles. The van der Waals surface area contributed by atoms with Crippen molar-refractivity contribution in [3.63, 3.8) is 0 Å². The van der Waals surface area contributed by atoms with E-state index >= 15 is 0 Å². The number of hydrogen-bond acceptors (Lipinski definition) is 2. The van der Waals surface area contributed by atoms with Crippen molar-refractivity contribution in [2.75, 3.05) is 0 Å². The number of ketones is 1. The zero-order valence-corrected chi connectivity index (χ0v) is 18.2. The van der Waals surface area contributed by atoms with Crippen molar-refractivity contribution in [1.29, 1.82) is 0 Å². The summed E-state index contributed by atoms with van der Waals surface area (Å²) in [6.07, 6.45) is 2.24. The fraction of sp³-hybridized carbons (Fsp3) is 0.500. The Hall–Kier alpha value is -1.93. The topological polar surface area (TPSA) is 37.3 Å². The number of carbonyl (C=O) groups is 1. The second kappa shape index (κ2) is 7.15. The van der Waals surface area contributed by atoms with Gasteiger partial charge in [-0.25, -0.2) is 0 Å². The highest BCUT2D eigenvalue weighted by molar-refractivity contribution is 5.99. The van der Waals surface area contributed by atoms with Gasteiger partial charge in [-0.15, -0.1) is 0 Å². The summed E-state index contributed by atoms with van der Waals surface area (Å²) < 4.78 is 0. The van der Waals surface area contributed by atoms with Gasteiger partial charge in [0, 0.05) is 5.56 Å². The standard InChI is InChI=1S/C26H34O2/c1-24(2,3)19-11-9-18(10-12-19)23(27)22-8-7-17-26(22,28)21-15-13-20(14-16-21)25(4,5)6/h9-16,22,28H,7-8,17H2,1-6H3/t22-,26+/m1/s1. The third-order valence-electron chi connectivity index (χ3n) is 6.23. The summed E-state index contributed by atoms with van der Waals surface area (Å²) in [6.45, 7) is 13.0. The Morgan fingerprint density at radius 3 is 1.79 bits per heavy atom. The van der Waals surface area contributed by atoms with E-state index in [1.54, 1.807) is 0 Å². The van der Waals surface area contributed by atoms with Gasteiger partial charge in [-0.05, 0) is 46.8 Å². The van der Waals surface area contributed by atoms with E-state index in [-0.39, 0.29) is 22.5 Å². The van der Waals surface area contributed by atoms with Gasteiger partial charge >= 0.3 is 0 Å². The SMILES string of the molecule is CC(C)(C)c1ccc(C(=O)[C@H]2CCC[C@]2(O)c2ccc(C(C)(C)C)cc2)cc1. The Morgan fingerprint density at radius 1 is 0.857 bits per heavy atom. The molecule has 2 nitrogen and oxygen atoms in total. The third kappa shape index (κ3) is 3.93. The van der Waals surface area contributed by atoms with Crippen LogP contribution in [0.15, 0.2) is 48.5 Å². The second-order valence-corrected chi connectivity index (χ2v) is 10.4. The molecule has 0 spiro atoms. The van der Waals surface area contributed by atoms with Crippen molar-refractivity contribution < 1.29 is 9.90 Å². The van der Waals surface area contributed by atoms with E-state index in [4.69, 9.17) is 0 Å². The van der Waals surface area contributed by atoms with E-state index in [1.165, 1.54) is 11.1 Å². The van der Waals surface area contributed by atoms with Crippen LogP contribution in [-0.4, -0.2) is 10.9 Å². The monoisotopic (exact) mass is 378 g/mol. The van der Waals surface area contributed by atoms with E-state index in [0.29, 0.717) is 12.0 Å². The highest BCUT2D eigenvalue weighted by atomic mass is 16.3. The van der Waals surface area contributed by atoms with E-state index in [9.17, 15) is 9.90 Å². The average Bonchev–Trinajstić information content (AvgIpc) is 3.03. The molecular formula is C26H34O2. The maximum Gasteiger partial charge on any atom is 0.169 e. The van der Waals surface area contributed by atoms with E-state index in [2.05, 4.69) is 53.7 Å². The molecule has 2 aromatic carbocycles. The first-order valence-corrected chi connectivity index (χ1v) is 10.4. The Kier molecular flexibility index (Phi) is 5.31. The molecule has 1 aliphatic rings. The van der Waals surface area contributed by atoms with Crippen molar-refractivity contribution >= 4 is 5.78 Å². The second-order valence-electron chi connectivity index (χ2n) is 10.4. The number of hydrogen-bond donors (Lipinski definition) is 1. The van der Waals surface area contributed by atoms with Crippen molar-refractivity contribution in [2.45, 2.75) is 77.2 Å². The normalized spacial score (nSPS) is 23.0. The van der Waals surface area contributed by atoms with Crippen LogP contribution in [0.5, 0.6) is 0 Å². The molecule has 0 unspecified atom stereocenters. The molecule has 1 aliphatic carbocycles. The third-order valence-corrected chi connectivity index (χ3v) is 6.23. The summed E-state index contributed by atoms with van der Waals surface area (Å²) in [5, 5.41) is 11.5. The molecule has 0 radical (unpaired) electrons. The summed E-state index contributed by atoms with van der Waals surface area (Å²) in [7, 11) is 0. The van der Waals surface area contributed by atoms with Crippen LogP contribution >= 0.6 is 0 Å². The fourth-order valence-corrected chi connectivity index (χ4v) is 4.28. The van der Waals surface area contributed by atoms with Crippen LogP contribution in [-0.2, 0) is 16.4 Å². The number of rotatable bonds is 3. The first-order chi connectivity index (χ1) is 12.9. The molecule has 2 aromatic rings. The van der Waals surface area contributed by atoms with Crippen molar-refractivity contribution in [3.05, 3.63) is 70.8 Å². The molecule has 3 rings (SSSR count). The van der Waals surface area contributed by atoms with Crippen LogP contribution in [0.3, 0.4) is 0 Å². The molecular weight excluding hydrogens is 344 g/mol. The first-order valence-electron chi connectivity index (χ1n) is 10.4. The minimum absolute atomic E-state index is 0.0559. The zero-order chi connectivity index (χ0) is 20.7. The predicted octanol–water partition coefficient (Wildman–Crippen LogP) is 6.15. The summed E-state index contributed by atoms with van der Waals surface area (Å²) in [4.78, 5) is 13.3. The number of Topliss-reactive ketones (excluding diaryl/α,β-unsaturated/α-hetero) is 1. The number of benzene rings is 2. The van der Waals surface area contributed by atoms with Crippen molar-refractivity contribution in [3.8, 4) is 0 Å². The molecule has 28 heavy (non-hydrogen) atoms. The molecule has 2 heteroatoms. The van der Waals surface area contributed by atoms with Crippen LogP contribution in [0, 0.1) is 5.92 Å². The van der Waals surface area contributed by atoms with Gasteiger partial charge in [-0.1, -0.05) is 90.1 Å². The van der Waals surface area contributed by atoms with Crippen LogP contribution in [0.2, 0.25) is 0 Å². The molecule has 2 atom stereocenters. The molecule has 150 valence electrons. The van der Waals surface area contributed by atoms with Gasteiger partial charge in [-0.3, -0.25) is 4.79 Å². The molecule has 1 fully saturated rings. The maximum absolute atomic E-state index is 13.3. The van der Waals surface area contributed by atoms with Gasteiger partial charge in [0.15, 0.2) is 5.78 Å². The largest absolute Gasteiger partial charge is 0.384 e. The fourth-order valence-electron chi connectivity index (χ4n) is 4.28. The van der Waals surface area contributed by atoms with E-state index in [1.807, 2.05) is 36.4 Å². The highest BCUT2D eigenvalue weighted by Crippen LogP contribution is 2.45. The molecule has 0 aromatic heterocycles. The van der Waals surface area contributed by atoms with Gasteiger partial charge in [-0.2, -0.15) is 0 Å². The Balaban J connectivity index is 1.88. The molecule has 0 aliphatic heterocycles. The van der Waals surface area contributed by atoms with Gasteiger partial charge in [0.05, 0.1) is 11.5 Å². The van der Waals surface area contributed by atoms with Gasteiger partial charge in [0.25, 0.3) is 0 Å². The predicted molar refractivity (Wildman–Crippen MR) is 116 cm³/mol. The lowest BCUT2D eigenvalue weighted by Crippen LogP contribution is -2.35. The van der Waals surface area contributed by atoms with Gasteiger partial charge < -0.3 is 5.11 Å². The number of carbonyl (C=O) groups excluding carboxylic acids is 1. The average molecular weight is 379 g/mol. The molecule has 0 saturated heterocycles. The van der Waals surface area contributed by atoms with Crippen LogP contribution < -0.4 is 0 Å². The minimum atomic E-state index is -1.07. The van der Waals surface area contributed by atoms with E-state index in [0.717, 1.165) is 18.4 Å².